The molecule has 36 heavy (non-hydrogen) atoms. The molecule has 0 N–H and O–H groups in total. The number of imidazole rings is 1. The molecule has 3 heterocycles. The molecule has 1 atom stereocenters. The van der Waals surface area contributed by atoms with Crippen LogP contribution in [0.25, 0.3) is 5.65 Å². The SMILES string of the molecule is COc1ccc(CN(Cc2ccc(OC)cc2)c2nc(OCC3CCOC3)nn3cc(Br)nc23)cc1. The molecule has 0 bridgehead atoms. The van der Waals surface area contributed by atoms with Gasteiger partial charge < -0.3 is 23.8 Å². The van der Waals surface area contributed by atoms with Gasteiger partial charge in [-0.15, -0.1) is 5.10 Å². The Bertz CT molecular complexity index is 1240. The van der Waals surface area contributed by atoms with Crippen molar-refractivity contribution in [1.29, 1.82) is 0 Å². The van der Waals surface area contributed by atoms with Crippen LogP contribution >= 0.6 is 15.9 Å². The van der Waals surface area contributed by atoms with Gasteiger partial charge in [0, 0.05) is 25.6 Å². The Morgan fingerprint density at radius 3 is 2.17 bits per heavy atom. The van der Waals surface area contributed by atoms with E-state index >= 15 is 0 Å². The molecule has 0 radical (unpaired) electrons. The molecule has 188 valence electrons. The Morgan fingerprint density at radius 2 is 1.61 bits per heavy atom. The van der Waals surface area contributed by atoms with Gasteiger partial charge in [-0.3, -0.25) is 0 Å². The van der Waals surface area contributed by atoms with E-state index in [1.165, 1.54) is 0 Å². The zero-order valence-electron chi connectivity index (χ0n) is 20.3. The first-order valence-corrected chi connectivity index (χ1v) is 12.5. The van der Waals surface area contributed by atoms with Crippen molar-refractivity contribution < 1.29 is 18.9 Å². The topological polar surface area (TPSA) is 83.2 Å². The van der Waals surface area contributed by atoms with Crippen LogP contribution in [0.4, 0.5) is 5.82 Å². The predicted octanol–water partition coefficient (Wildman–Crippen LogP) is 4.53. The summed E-state index contributed by atoms with van der Waals surface area (Å²) in [6.07, 6.45) is 2.79. The van der Waals surface area contributed by atoms with E-state index in [0.29, 0.717) is 54.3 Å². The zero-order chi connectivity index (χ0) is 24.9. The lowest BCUT2D eigenvalue weighted by Gasteiger charge is -2.25. The number of halogens is 1. The number of anilines is 1. The number of nitrogens with zero attached hydrogens (tertiary/aromatic N) is 5. The average molecular weight is 554 g/mol. The summed E-state index contributed by atoms with van der Waals surface area (Å²) in [5.74, 6) is 2.65. The van der Waals surface area contributed by atoms with Gasteiger partial charge in [0.1, 0.15) is 16.1 Å². The van der Waals surface area contributed by atoms with Crippen molar-refractivity contribution in [2.24, 2.45) is 5.92 Å². The fraction of sp³-hybridized carbons (Fsp3) is 0.346. The van der Waals surface area contributed by atoms with E-state index in [0.717, 1.165) is 35.7 Å². The summed E-state index contributed by atoms with van der Waals surface area (Å²) in [6, 6.07) is 16.4. The highest BCUT2D eigenvalue weighted by Crippen LogP contribution is 2.27. The van der Waals surface area contributed by atoms with Crippen LogP contribution in [-0.4, -0.2) is 53.6 Å². The van der Waals surface area contributed by atoms with E-state index in [1.807, 2.05) is 30.5 Å². The van der Waals surface area contributed by atoms with E-state index in [4.69, 9.17) is 23.9 Å². The number of benzene rings is 2. The Kier molecular flexibility index (Phi) is 7.52. The Morgan fingerprint density at radius 1 is 0.972 bits per heavy atom. The highest BCUT2D eigenvalue weighted by Gasteiger charge is 2.21. The van der Waals surface area contributed by atoms with Gasteiger partial charge in [0.25, 0.3) is 0 Å². The molecule has 4 aromatic rings. The standard InChI is InChI=1S/C26H28BrN5O4/c1-33-21-7-3-18(4-8-21)13-31(14-19-5-9-22(34-2)10-6-19)24-25-28-23(27)15-32(25)30-26(29-24)36-17-20-11-12-35-16-20/h3-10,15,20H,11-14,16-17H2,1-2H3. The Hall–Kier alpha value is -3.37. The molecular formula is C26H28BrN5O4. The average Bonchev–Trinajstić information content (AvgIpc) is 3.56. The van der Waals surface area contributed by atoms with Crippen LogP contribution < -0.4 is 19.1 Å². The molecule has 10 heteroatoms. The van der Waals surface area contributed by atoms with E-state index in [9.17, 15) is 0 Å². The molecule has 2 aromatic heterocycles. The molecule has 0 aliphatic carbocycles. The van der Waals surface area contributed by atoms with Crippen molar-refractivity contribution in [3.8, 4) is 17.5 Å². The van der Waals surface area contributed by atoms with Crippen LogP contribution in [-0.2, 0) is 17.8 Å². The normalized spacial score (nSPS) is 15.2. The minimum Gasteiger partial charge on any atom is -0.497 e. The third-order valence-electron chi connectivity index (χ3n) is 6.09. The molecule has 9 nitrogen and oxygen atoms in total. The smallest absolute Gasteiger partial charge is 0.336 e. The summed E-state index contributed by atoms with van der Waals surface area (Å²) < 4.78 is 24.6. The van der Waals surface area contributed by atoms with E-state index in [1.54, 1.807) is 18.7 Å². The van der Waals surface area contributed by atoms with Crippen LogP contribution in [0.1, 0.15) is 17.5 Å². The number of hydrogen-bond donors (Lipinski definition) is 0. The van der Waals surface area contributed by atoms with Crippen molar-refractivity contribution in [3.63, 3.8) is 0 Å². The number of rotatable bonds is 10. The third-order valence-corrected chi connectivity index (χ3v) is 6.47. The number of methoxy groups -OCH3 is 2. The fourth-order valence-corrected chi connectivity index (χ4v) is 4.48. The summed E-state index contributed by atoms with van der Waals surface area (Å²) in [5, 5.41) is 4.55. The predicted molar refractivity (Wildman–Crippen MR) is 139 cm³/mol. The largest absolute Gasteiger partial charge is 0.497 e. The lowest BCUT2D eigenvalue weighted by Crippen LogP contribution is -2.25. The number of aromatic nitrogens is 4. The van der Waals surface area contributed by atoms with Crippen molar-refractivity contribution in [3.05, 3.63) is 70.5 Å². The van der Waals surface area contributed by atoms with Crippen LogP contribution in [0.2, 0.25) is 0 Å². The van der Waals surface area contributed by atoms with E-state index in [2.05, 4.69) is 55.2 Å². The maximum atomic E-state index is 6.03. The van der Waals surface area contributed by atoms with Crippen LogP contribution in [0.15, 0.2) is 59.3 Å². The third kappa shape index (κ3) is 5.71. The lowest BCUT2D eigenvalue weighted by atomic mass is 10.1. The maximum Gasteiger partial charge on any atom is 0.336 e. The highest BCUT2D eigenvalue weighted by molar-refractivity contribution is 9.10. The lowest BCUT2D eigenvalue weighted by molar-refractivity contribution is 0.163. The minimum absolute atomic E-state index is 0.309. The molecule has 0 saturated carbocycles. The van der Waals surface area contributed by atoms with Gasteiger partial charge in [0.05, 0.1) is 33.6 Å². The highest BCUT2D eigenvalue weighted by atomic mass is 79.9. The molecule has 1 fully saturated rings. The van der Waals surface area contributed by atoms with E-state index in [-0.39, 0.29) is 0 Å². The second kappa shape index (κ2) is 11.1. The van der Waals surface area contributed by atoms with E-state index < -0.39 is 0 Å². The Labute approximate surface area is 218 Å². The van der Waals surface area contributed by atoms with Gasteiger partial charge in [-0.2, -0.15) is 4.98 Å². The van der Waals surface area contributed by atoms with Crippen molar-refractivity contribution >= 4 is 27.4 Å². The molecular weight excluding hydrogens is 526 g/mol. The van der Waals surface area contributed by atoms with Crippen molar-refractivity contribution in [2.45, 2.75) is 19.5 Å². The Balaban J connectivity index is 1.50. The van der Waals surface area contributed by atoms with Crippen LogP contribution in [0.3, 0.4) is 0 Å². The number of ether oxygens (including phenoxy) is 4. The number of fused-ring (bicyclic) bond motifs is 1. The second-order valence-corrected chi connectivity index (χ2v) is 9.46. The first kappa shape index (κ1) is 24.3. The molecule has 1 aliphatic heterocycles. The summed E-state index contributed by atoms with van der Waals surface area (Å²) in [5.41, 5.74) is 2.86. The van der Waals surface area contributed by atoms with Gasteiger partial charge in [0.15, 0.2) is 11.5 Å². The van der Waals surface area contributed by atoms with Gasteiger partial charge in [-0.1, -0.05) is 24.3 Å². The summed E-state index contributed by atoms with van der Waals surface area (Å²) in [6.45, 7) is 3.18. The quantitative estimate of drug-likeness (QED) is 0.283. The molecule has 5 rings (SSSR count). The molecule has 0 amide bonds. The molecule has 0 spiro atoms. The maximum absolute atomic E-state index is 6.03. The monoisotopic (exact) mass is 553 g/mol. The minimum atomic E-state index is 0.309. The van der Waals surface area contributed by atoms with Crippen molar-refractivity contribution in [2.75, 3.05) is 38.9 Å². The first-order chi connectivity index (χ1) is 17.6. The van der Waals surface area contributed by atoms with Crippen molar-refractivity contribution in [1.82, 2.24) is 19.6 Å². The molecule has 2 aromatic carbocycles. The number of hydrogen-bond acceptors (Lipinski definition) is 8. The molecule has 1 aliphatic rings. The summed E-state index contributed by atoms with van der Waals surface area (Å²) in [4.78, 5) is 11.7. The summed E-state index contributed by atoms with van der Waals surface area (Å²) in [7, 11) is 3.33. The van der Waals surface area contributed by atoms with Crippen LogP contribution in [0.5, 0.6) is 17.5 Å². The second-order valence-electron chi connectivity index (χ2n) is 8.64. The van der Waals surface area contributed by atoms with Gasteiger partial charge in [-0.25, -0.2) is 9.50 Å². The van der Waals surface area contributed by atoms with Gasteiger partial charge in [-0.05, 0) is 57.7 Å². The van der Waals surface area contributed by atoms with Gasteiger partial charge >= 0.3 is 6.01 Å². The first-order valence-electron chi connectivity index (χ1n) is 11.8. The van der Waals surface area contributed by atoms with Gasteiger partial charge in [0.2, 0.25) is 0 Å². The zero-order valence-corrected chi connectivity index (χ0v) is 21.8. The fourth-order valence-electron chi connectivity index (χ4n) is 4.12. The summed E-state index contributed by atoms with van der Waals surface area (Å²) >= 11 is 3.49. The van der Waals surface area contributed by atoms with Crippen LogP contribution in [0, 0.1) is 5.92 Å². The molecule has 1 saturated heterocycles. The molecule has 1 unspecified atom stereocenters.